The fourth-order valence-corrected chi connectivity index (χ4v) is 1.80. The van der Waals surface area contributed by atoms with E-state index in [0.29, 0.717) is 12.1 Å². The highest BCUT2D eigenvalue weighted by molar-refractivity contribution is 5.94. The first kappa shape index (κ1) is 13.6. The van der Waals surface area contributed by atoms with Crippen LogP contribution in [-0.4, -0.2) is 16.4 Å². The minimum Gasteiger partial charge on any atom is -0.347 e. The van der Waals surface area contributed by atoms with Crippen molar-refractivity contribution >= 4 is 5.91 Å². The Morgan fingerprint density at radius 3 is 2.82 bits per heavy atom. The first-order valence-corrected chi connectivity index (χ1v) is 5.96. The number of aromatic nitrogens is 1. The zero-order valence-corrected chi connectivity index (χ0v) is 10.8. The zero-order valence-electron chi connectivity index (χ0n) is 10.8. The monoisotopic (exact) mass is 235 g/mol. The summed E-state index contributed by atoms with van der Waals surface area (Å²) < 4.78 is 0. The van der Waals surface area contributed by atoms with Gasteiger partial charge in [0.1, 0.15) is 0 Å². The first-order valence-electron chi connectivity index (χ1n) is 5.96. The molecule has 1 aromatic rings. The number of rotatable bonds is 5. The molecule has 3 N–H and O–H groups in total. The minimum atomic E-state index is -0.183. The van der Waals surface area contributed by atoms with Gasteiger partial charge in [0.05, 0.1) is 5.69 Å². The van der Waals surface area contributed by atoms with E-state index in [-0.39, 0.29) is 11.4 Å². The summed E-state index contributed by atoms with van der Waals surface area (Å²) >= 11 is 0. The highest BCUT2D eigenvalue weighted by atomic mass is 16.1. The molecule has 4 heteroatoms. The van der Waals surface area contributed by atoms with Crippen molar-refractivity contribution in [2.24, 2.45) is 5.73 Å². The molecular weight excluding hydrogens is 214 g/mol. The molecule has 0 spiro atoms. The molecule has 0 saturated carbocycles. The van der Waals surface area contributed by atoms with E-state index in [9.17, 15) is 4.79 Å². The molecule has 0 atom stereocenters. The second-order valence-electron chi connectivity index (χ2n) is 4.83. The van der Waals surface area contributed by atoms with Gasteiger partial charge in [0.2, 0.25) is 0 Å². The van der Waals surface area contributed by atoms with Crippen LogP contribution in [0, 0.1) is 0 Å². The van der Waals surface area contributed by atoms with Crippen molar-refractivity contribution in [2.75, 3.05) is 0 Å². The van der Waals surface area contributed by atoms with Crippen LogP contribution in [0.25, 0.3) is 0 Å². The van der Waals surface area contributed by atoms with Crippen LogP contribution >= 0.6 is 0 Å². The van der Waals surface area contributed by atoms with Crippen molar-refractivity contribution < 1.29 is 4.79 Å². The number of nitrogens with one attached hydrogen (secondary N) is 1. The van der Waals surface area contributed by atoms with E-state index < -0.39 is 0 Å². The predicted molar refractivity (Wildman–Crippen MR) is 68.6 cm³/mol. The van der Waals surface area contributed by atoms with E-state index in [4.69, 9.17) is 5.73 Å². The third-order valence-corrected chi connectivity index (χ3v) is 2.61. The van der Waals surface area contributed by atoms with Gasteiger partial charge in [-0.2, -0.15) is 0 Å². The van der Waals surface area contributed by atoms with Crippen molar-refractivity contribution in [1.82, 2.24) is 10.3 Å². The van der Waals surface area contributed by atoms with Gasteiger partial charge in [-0.15, -0.1) is 0 Å². The van der Waals surface area contributed by atoms with Crippen LogP contribution in [0.3, 0.4) is 0 Å². The van der Waals surface area contributed by atoms with Crippen LogP contribution in [0.15, 0.2) is 18.3 Å². The Labute approximate surface area is 103 Å². The third kappa shape index (κ3) is 4.15. The number of nitrogens with two attached hydrogens (primary N) is 1. The summed E-state index contributed by atoms with van der Waals surface area (Å²) in [5.74, 6) is -0.0689. The Morgan fingerprint density at radius 2 is 2.24 bits per heavy atom. The lowest BCUT2D eigenvalue weighted by molar-refractivity contribution is 0.0909. The molecule has 1 rings (SSSR count). The van der Waals surface area contributed by atoms with Crippen LogP contribution in [0.4, 0.5) is 0 Å². The second-order valence-corrected chi connectivity index (χ2v) is 4.83. The van der Waals surface area contributed by atoms with Crippen molar-refractivity contribution in [1.29, 1.82) is 0 Å². The quantitative estimate of drug-likeness (QED) is 0.818. The van der Waals surface area contributed by atoms with Crippen molar-refractivity contribution in [2.45, 2.75) is 45.7 Å². The Kier molecular flexibility index (Phi) is 4.63. The van der Waals surface area contributed by atoms with E-state index in [1.54, 1.807) is 18.3 Å². The second kappa shape index (κ2) is 5.77. The minimum absolute atomic E-state index is 0.0689. The number of amides is 1. The summed E-state index contributed by atoms with van der Waals surface area (Å²) in [7, 11) is 0. The van der Waals surface area contributed by atoms with Crippen molar-refractivity contribution in [3.8, 4) is 0 Å². The fourth-order valence-electron chi connectivity index (χ4n) is 1.80. The summed E-state index contributed by atoms with van der Waals surface area (Å²) in [6.07, 6.45) is 3.61. The number of carbonyl (C=O) groups excluding carboxylic acids is 1. The largest absolute Gasteiger partial charge is 0.347 e. The lowest BCUT2D eigenvalue weighted by Crippen LogP contribution is -2.43. The Balaban J connectivity index is 2.75. The maximum absolute atomic E-state index is 12.0. The van der Waals surface area contributed by atoms with Gasteiger partial charge in [-0.3, -0.25) is 9.78 Å². The fraction of sp³-hybridized carbons (Fsp3) is 0.538. The molecule has 0 aliphatic rings. The average molecular weight is 235 g/mol. The molecule has 0 aliphatic heterocycles. The van der Waals surface area contributed by atoms with Gasteiger partial charge >= 0.3 is 0 Å². The summed E-state index contributed by atoms with van der Waals surface area (Å²) in [4.78, 5) is 16.1. The molecule has 0 radical (unpaired) electrons. The lowest BCUT2D eigenvalue weighted by Gasteiger charge is -2.25. The molecule has 94 valence electrons. The van der Waals surface area contributed by atoms with Gasteiger partial charge in [0, 0.05) is 23.8 Å². The van der Waals surface area contributed by atoms with Gasteiger partial charge in [-0.1, -0.05) is 13.3 Å². The molecule has 0 aliphatic carbocycles. The topological polar surface area (TPSA) is 68.0 Å². The summed E-state index contributed by atoms with van der Waals surface area (Å²) in [6.45, 7) is 6.51. The van der Waals surface area contributed by atoms with E-state index in [1.807, 2.05) is 13.8 Å². The van der Waals surface area contributed by atoms with Crippen LogP contribution < -0.4 is 11.1 Å². The molecule has 0 aromatic carbocycles. The maximum Gasteiger partial charge on any atom is 0.251 e. The number of pyridine rings is 1. The van der Waals surface area contributed by atoms with E-state index >= 15 is 0 Å². The smallest absolute Gasteiger partial charge is 0.251 e. The molecule has 0 bridgehead atoms. The lowest BCUT2D eigenvalue weighted by atomic mass is 9.98. The molecule has 1 heterocycles. The van der Waals surface area contributed by atoms with Gasteiger partial charge < -0.3 is 11.1 Å². The van der Waals surface area contributed by atoms with Crippen molar-refractivity contribution in [3.63, 3.8) is 0 Å². The number of hydrogen-bond donors (Lipinski definition) is 2. The van der Waals surface area contributed by atoms with Crippen LogP contribution in [0.2, 0.25) is 0 Å². The van der Waals surface area contributed by atoms with Gasteiger partial charge in [-0.25, -0.2) is 0 Å². The molecule has 1 aromatic heterocycles. The summed E-state index contributed by atoms with van der Waals surface area (Å²) in [6, 6.07) is 3.44. The first-order chi connectivity index (χ1) is 7.98. The molecule has 4 nitrogen and oxygen atoms in total. The molecule has 0 fully saturated rings. The number of hydrogen-bond acceptors (Lipinski definition) is 3. The van der Waals surface area contributed by atoms with Crippen LogP contribution in [0.5, 0.6) is 0 Å². The standard InChI is InChI=1S/C13H21N3O/c1-4-6-13(2,3)16-12(17)10-5-7-15-11(8-10)9-14/h5,7-8H,4,6,9,14H2,1-3H3,(H,16,17). The maximum atomic E-state index is 12.0. The summed E-state index contributed by atoms with van der Waals surface area (Å²) in [5, 5.41) is 3.02. The van der Waals surface area contributed by atoms with E-state index in [0.717, 1.165) is 18.5 Å². The SMILES string of the molecule is CCCC(C)(C)NC(=O)c1ccnc(CN)c1. The van der Waals surface area contributed by atoms with Crippen LogP contribution in [-0.2, 0) is 6.54 Å². The van der Waals surface area contributed by atoms with E-state index in [2.05, 4.69) is 17.2 Å². The zero-order chi connectivity index (χ0) is 12.9. The summed E-state index contributed by atoms with van der Waals surface area (Å²) in [5.41, 5.74) is 6.66. The molecule has 17 heavy (non-hydrogen) atoms. The Bertz CT molecular complexity index is 388. The highest BCUT2D eigenvalue weighted by Crippen LogP contribution is 2.12. The number of carbonyl (C=O) groups is 1. The van der Waals surface area contributed by atoms with Gasteiger partial charge in [0.25, 0.3) is 5.91 Å². The third-order valence-electron chi connectivity index (χ3n) is 2.61. The van der Waals surface area contributed by atoms with Gasteiger partial charge in [0.15, 0.2) is 0 Å². The predicted octanol–water partition coefficient (Wildman–Crippen LogP) is 1.85. The normalized spacial score (nSPS) is 11.3. The molecule has 0 unspecified atom stereocenters. The molecular formula is C13H21N3O. The van der Waals surface area contributed by atoms with Crippen LogP contribution in [0.1, 0.15) is 49.7 Å². The van der Waals surface area contributed by atoms with Crippen molar-refractivity contribution in [3.05, 3.63) is 29.6 Å². The molecule has 1 amide bonds. The van der Waals surface area contributed by atoms with E-state index in [1.165, 1.54) is 0 Å². The average Bonchev–Trinajstić information content (AvgIpc) is 2.28. The Hall–Kier alpha value is -1.42. The van der Waals surface area contributed by atoms with Gasteiger partial charge in [-0.05, 0) is 32.4 Å². The number of nitrogens with zero attached hydrogens (tertiary/aromatic N) is 1. The Morgan fingerprint density at radius 1 is 1.53 bits per heavy atom. The molecule has 0 saturated heterocycles. The highest BCUT2D eigenvalue weighted by Gasteiger charge is 2.20.